The van der Waals surface area contributed by atoms with Crippen LogP contribution in [0, 0.1) is 5.92 Å². The predicted octanol–water partition coefficient (Wildman–Crippen LogP) is 1.85. The topological polar surface area (TPSA) is 78.9 Å². The Morgan fingerprint density at radius 2 is 1.59 bits per heavy atom. The monoisotopic (exact) mass is 322 g/mol. The lowest BCUT2D eigenvalue weighted by molar-refractivity contribution is -0.172. The van der Waals surface area contributed by atoms with E-state index in [4.69, 9.17) is 9.47 Å². The summed E-state index contributed by atoms with van der Waals surface area (Å²) < 4.78 is 39.2. The van der Waals surface area contributed by atoms with Crippen LogP contribution in [0.5, 0.6) is 0 Å². The van der Waals surface area contributed by atoms with Crippen LogP contribution in [0.2, 0.25) is 0 Å². The van der Waals surface area contributed by atoms with Gasteiger partial charge in [0.2, 0.25) is 0 Å². The summed E-state index contributed by atoms with van der Waals surface area (Å²) in [5, 5.41) is 0. The molecule has 0 radical (unpaired) electrons. The Kier molecular flexibility index (Phi) is 6.70. The van der Waals surface area contributed by atoms with E-state index >= 15 is 0 Å². The summed E-state index contributed by atoms with van der Waals surface area (Å²) in [6.07, 6.45) is 2.05. The molecule has 1 aliphatic carbocycles. The van der Waals surface area contributed by atoms with Crippen molar-refractivity contribution in [1.29, 1.82) is 0 Å². The van der Waals surface area contributed by atoms with Crippen molar-refractivity contribution in [3.05, 3.63) is 0 Å². The van der Waals surface area contributed by atoms with Gasteiger partial charge in [-0.3, -0.25) is 9.59 Å². The number of halogens is 2. The van der Waals surface area contributed by atoms with Crippen molar-refractivity contribution in [2.24, 2.45) is 5.92 Å². The van der Waals surface area contributed by atoms with Gasteiger partial charge in [-0.2, -0.15) is 8.78 Å². The Morgan fingerprint density at radius 1 is 1.05 bits per heavy atom. The van der Waals surface area contributed by atoms with Crippen molar-refractivity contribution in [1.82, 2.24) is 0 Å². The molecule has 22 heavy (non-hydrogen) atoms. The Balaban J connectivity index is 2.19. The van der Waals surface area contributed by atoms with Crippen molar-refractivity contribution in [3.63, 3.8) is 0 Å². The molecule has 1 fully saturated rings. The summed E-state index contributed by atoms with van der Waals surface area (Å²) in [6, 6.07) is 0. The molecule has 0 saturated heterocycles. The zero-order valence-corrected chi connectivity index (χ0v) is 12.6. The Morgan fingerprint density at radius 3 is 2.09 bits per heavy atom. The van der Waals surface area contributed by atoms with Gasteiger partial charge < -0.3 is 14.2 Å². The third-order valence-electron chi connectivity index (χ3n) is 3.26. The molecule has 1 rings (SSSR count). The third-order valence-corrected chi connectivity index (χ3v) is 3.26. The number of hydrogen-bond acceptors (Lipinski definition) is 6. The predicted molar refractivity (Wildman–Crippen MR) is 70.1 cm³/mol. The van der Waals surface area contributed by atoms with Crippen LogP contribution in [0.3, 0.4) is 0 Å². The smallest absolute Gasteiger partial charge is 0.376 e. The zero-order chi connectivity index (χ0) is 16.8. The molecule has 6 nitrogen and oxygen atoms in total. The summed E-state index contributed by atoms with van der Waals surface area (Å²) in [6.45, 7) is 1.10. The van der Waals surface area contributed by atoms with Gasteiger partial charge in [0, 0.05) is 13.8 Å². The second-order valence-corrected chi connectivity index (χ2v) is 5.27. The summed E-state index contributed by atoms with van der Waals surface area (Å²) in [7, 11) is 0. The molecule has 0 aromatic heterocycles. The normalized spacial score (nSPS) is 21.8. The highest BCUT2D eigenvalue weighted by Crippen LogP contribution is 2.27. The van der Waals surface area contributed by atoms with E-state index in [9.17, 15) is 23.2 Å². The minimum Gasteiger partial charge on any atom is -0.463 e. The summed E-state index contributed by atoms with van der Waals surface area (Å²) in [5.41, 5.74) is 0. The van der Waals surface area contributed by atoms with E-state index in [2.05, 4.69) is 4.74 Å². The van der Waals surface area contributed by atoms with E-state index in [1.807, 2.05) is 0 Å². The molecule has 126 valence electrons. The number of carbonyl (C=O) groups excluding carboxylic acids is 3. The van der Waals surface area contributed by atoms with Crippen molar-refractivity contribution < 1.29 is 37.4 Å². The maximum absolute atomic E-state index is 12.5. The van der Waals surface area contributed by atoms with Crippen LogP contribution in [-0.4, -0.2) is 43.1 Å². The van der Waals surface area contributed by atoms with E-state index in [1.165, 1.54) is 6.92 Å². The standard InChI is InChI=1S/C14H20F2O6/c1-9(17)22-11-5-3-10(4-6-11)12(18)20-7-8-21-13(19)14(2,15)16/h10-11H,3-8H2,1-2H3. The second kappa shape index (κ2) is 8.05. The quantitative estimate of drug-likeness (QED) is 0.422. The maximum atomic E-state index is 12.5. The molecule has 0 atom stereocenters. The molecular weight excluding hydrogens is 302 g/mol. The van der Waals surface area contributed by atoms with E-state index in [-0.39, 0.29) is 24.6 Å². The first-order valence-corrected chi connectivity index (χ1v) is 7.09. The summed E-state index contributed by atoms with van der Waals surface area (Å²) >= 11 is 0. The highest BCUT2D eigenvalue weighted by Gasteiger charge is 2.34. The molecule has 1 aliphatic rings. The summed E-state index contributed by atoms with van der Waals surface area (Å²) in [4.78, 5) is 33.3. The Bertz CT molecular complexity index is 410. The first-order valence-electron chi connectivity index (χ1n) is 7.09. The lowest BCUT2D eigenvalue weighted by Gasteiger charge is -2.26. The van der Waals surface area contributed by atoms with Crippen LogP contribution in [0.25, 0.3) is 0 Å². The molecule has 0 bridgehead atoms. The first-order chi connectivity index (χ1) is 10.2. The molecule has 0 N–H and O–H groups in total. The SMILES string of the molecule is CC(=O)OC1CCC(C(=O)OCCOC(=O)C(C)(F)F)CC1. The van der Waals surface area contributed by atoms with E-state index in [0.29, 0.717) is 32.6 Å². The van der Waals surface area contributed by atoms with Crippen molar-refractivity contribution in [2.75, 3.05) is 13.2 Å². The van der Waals surface area contributed by atoms with Crippen LogP contribution in [0.15, 0.2) is 0 Å². The Hall–Kier alpha value is -1.73. The lowest BCUT2D eigenvalue weighted by atomic mass is 9.87. The maximum Gasteiger partial charge on any atom is 0.376 e. The minimum absolute atomic E-state index is 0.172. The molecule has 1 saturated carbocycles. The highest BCUT2D eigenvalue weighted by molar-refractivity contribution is 5.77. The lowest BCUT2D eigenvalue weighted by Crippen LogP contribution is -2.30. The van der Waals surface area contributed by atoms with Gasteiger partial charge in [0.15, 0.2) is 0 Å². The molecule has 0 heterocycles. The Labute approximate surface area is 127 Å². The number of rotatable bonds is 6. The molecule has 0 aromatic carbocycles. The molecule has 8 heteroatoms. The van der Waals surface area contributed by atoms with Gasteiger partial charge in [0.25, 0.3) is 0 Å². The van der Waals surface area contributed by atoms with E-state index in [0.717, 1.165) is 0 Å². The summed E-state index contributed by atoms with van der Waals surface area (Å²) in [5.74, 6) is -6.32. The number of esters is 3. The number of carbonyl (C=O) groups is 3. The van der Waals surface area contributed by atoms with Crippen LogP contribution < -0.4 is 0 Å². The fraction of sp³-hybridized carbons (Fsp3) is 0.786. The second-order valence-electron chi connectivity index (χ2n) is 5.27. The van der Waals surface area contributed by atoms with Crippen LogP contribution in [-0.2, 0) is 28.6 Å². The van der Waals surface area contributed by atoms with Crippen LogP contribution >= 0.6 is 0 Å². The van der Waals surface area contributed by atoms with Crippen LogP contribution in [0.1, 0.15) is 39.5 Å². The molecule has 0 unspecified atom stereocenters. The number of ether oxygens (including phenoxy) is 3. The molecular formula is C14H20F2O6. The van der Waals surface area contributed by atoms with Gasteiger partial charge in [-0.25, -0.2) is 4.79 Å². The van der Waals surface area contributed by atoms with Crippen molar-refractivity contribution in [3.8, 4) is 0 Å². The average Bonchev–Trinajstić information content (AvgIpc) is 2.42. The largest absolute Gasteiger partial charge is 0.463 e. The highest BCUT2D eigenvalue weighted by atomic mass is 19.3. The van der Waals surface area contributed by atoms with Crippen LogP contribution in [0.4, 0.5) is 8.78 Å². The molecule has 0 spiro atoms. The van der Waals surface area contributed by atoms with Gasteiger partial charge in [0.1, 0.15) is 19.3 Å². The molecule has 0 amide bonds. The average molecular weight is 322 g/mol. The zero-order valence-electron chi connectivity index (χ0n) is 12.6. The van der Waals surface area contributed by atoms with Gasteiger partial charge in [-0.1, -0.05) is 0 Å². The fourth-order valence-corrected chi connectivity index (χ4v) is 2.17. The number of alkyl halides is 2. The van der Waals surface area contributed by atoms with Gasteiger partial charge in [-0.05, 0) is 25.7 Å². The van der Waals surface area contributed by atoms with Gasteiger partial charge in [-0.15, -0.1) is 0 Å². The van der Waals surface area contributed by atoms with Crippen molar-refractivity contribution in [2.45, 2.75) is 51.6 Å². The van der Waals surface area contributed by atoms with E-state index < -0.39 is 24.5 Å². The van der Waals surface area contributed by atoms with E-state index in [1.54, 1.807) is 0 Å². The minimum atomic E-state index is -3.56. The first kappa shape index (κ1) is 18.3. The van der Waals surface area contributed by atoms with Crippen molar-refractivity contribution >= 4 is 17.9 Å². The third kappa shape index (κ3) is 6.36. The van der Waals surface area contributed by atoms with Gasteiger partial charge in [0.05, 0.1) is 5.92 Å². The molecule has 0 aliphatic heterocycles. The van der Waals surface area contributed by atoms with Gasteiger partial charge >= 0.3 is 23.8 Å². The number of hydrogen-bond donors (Lipinski definition) is 0. The fourth-order valence-electron chi connectivity index (χ4n) is 2.17. The molecule has 0 aromatic rings.